The number of amides is 1. The third-order valence-electron chi connectivity index (χ3n) is 3.42. The SMILES string of the molecule is O=C(O)C1CCC(C(=O)NCCN2CCOCC2)O1. The molecule has 2 atom stereocenters. The van der Waals surface area contributed by atoms with Gasteiger partial charge in [0.15, 0.2) is 6.10 Å². The van der Waals surface area contributed by atoms with Gasteiger partial charge >= 0.3 is 5.97 Å². The molecule has 2 aliphatic rings. The first kappa shape index (κ1) is 14.2. The van der Waals surface area contributed by atoms with Crippen LogP contribution < -0.4 is 5.32 Å². The van der Waals surface area contributed by atoms with Crippen LogP contribution in [0.4, 0.5) is 0 Å². The van der Waals surface area contributed by atoms with Gasteiger partial charge in [-0.05, 0) is 12.8 Å². The van der Waals surface area contributed by atoms with Gasteiger partial charge in [-0.2, -0.15) is 0 Å². The number of rotatable bonds is 5. The van der Waals surface area contributed by atoms with E-state index in [2.05, 4.69) is 10.2 Å². The summed E-state index contributed by atoms with van der Waals surface area (Å²) in [6.07, 6.45) is -0.585. The summed E-state index contributed by atoms with van der Waals surface area (Å²) in [6.45, 7) is 4.58. The number of ether oxygens (including phenoxy) is 2. The van der Waals surface area contributed by atoms with Crippen molar-refractivity contribution >= 4 is 11.9 Å². The lowest BCUT2D eigenvalue weighted by Crippen LogP contribution is -2.43. The van der Waals surface area contributed by atoms with Gasteiger partial charge in [-0.3, -0.25) is 9.69 Å². The topological polar surface area (TPSA) is 88.1 Å². The van der Waals surface area contributed by atoms with Crippen LogP contribution in [0.1, 0.15) is 12.8 Å². The molecule has 2 fully saturated rings. The number of carboxylic acids is 1. The van der Waals surface area contributed by atoms with Gasteiger partial charge < -0.3 is 19.9 Å². The van der Waals surface area contributed by atoms with Crippen molar-refractivity contribution in [1.29, 1.82) is 0 Å². The van der Waals surface area contributed by atoms with Gasteiger partial charge in [0.1, 0.15) is 6.10 Å². The Hall–Kier alpha value is -1.18. The van der Waals surface area contributed by atoms with Crippen LogP contribution in [0.5, 0.6) is 0 Å². The van der Waals surface area contributed by atoms with Crippen LogP contribution in [0.15, 0.2) is 0 Å². The highest BCUT2D eigenvalue weighted by Crippen LogP contribution is 2.19. The maximum atomic E-state index is 11.8. The molecular formula is C12H20N2O5. The highest BCUT2D eigenvalue weighted by atomic mass is 16.5. The second-order valence-corrected chi connectivity index (χ2v) is 4.77. The highest BCUT2D eigenvalue weighted by Gasteiger charge is 2.34. The van der Waals surface area contributed by atoms with E-state index in [1.165, 1.54) is 0 Å². The van der Waals surface area contributed by atoms with Crippen molar-refractivity contribution in [3.05, 3.63) is 0 Å². The fraction of sp³-hybridized carbons (Fsp3) is 0.833. The van der Waals surface area contributed by atoms with E-state index >= 15 is 0 Å². The number of carbonyl (C=O) groups excluding carboxylic acids is 1. The van der Waals surface area contributed by atoms with Crippen LogP contribution in [-0.4, -0.2) is 73.5 Å². The first-order chi connectivity index (χ1) is 9.16. The Balaban J connectivity index is 1.63. The number of nitrogens with one attached hydrogen (secondary N) is 1. The molecule has 7 nitrogen and oxygen atoms in total. The summed E-state index contributed by atoms with van der Waals surface area (Å²) in [7, 11) is 0. The van der Waals surface area contributed by atoms with E-state index in [1.807, 2.05) is 0 Å². The molecule has 19 heavy (non-hydrogen) atoms. The molecule has 0 aromatic carbocycles. The highest BCUT2D eigenvalue weighted by molar-refractivity contribution is 5.82. The van der Waals surface area contributed by atoms with Gasteiger partial charge in [0.25, 0.3) is 0 Å². The number of carbonyl (C=O) groups is 2. The van der Waals surface area contributed by atoms with Crippen LogP contribution in [-0.2, 0) is 19.1 Å². The summed E-state index contributed by atoms with van der Waals surface area (Å²) >= 11 is 0. The van der Waals surface area contributed by atoms with Crippen molar-refractivity contribution in [3.8, 4) is 0 Å². The average Bonchev–Trinajstić information content (AvgIpc) is 2.89. The van der Waals surface area contributed by atoms with E-state index < -0.39 is 18.2 Å². The maximum absolute atomic E-state index is 11.8. The van der Waals surface area contributed by atoms with Crippen molar-refractivity contribution < 1.29 is 24.2 Å². The molecule has 2 saturated heterocycles. The first-order valence-electron chi connectivity index (χ1n) is 6.63. The van der Waals surface area contributed by atoms with E-state index in [9.17, 15) is 9.59 Å². The van der Waals surface area contributed by atoms with Crippen molar-refractivity contribution in [2.45, 2.75) is 25.0 Å². The monoisotopic (exact) mass is 272 g/mol. The summed E-state index contributed by atoms with van der Waals surface area (Å²) in [5.41, 5.74) is 0. The average molecular weight is 272 g/mol. The number of morpholine rings is 1. The zero-order valence-electron chi connectivity index (χ0n) is 10.8. The van der Waals surface area contributed by atoms with E-state index in [4.69, 9.17) is 14.6 Å². The van der Waals surface area contributed by atoms with Gasteiger partial charge in [0, 0.05) is 26.2 Å². The summed E-state index contributed by atoms with van der Waals surface area (Å²) in [5.74, 6) is -1.21. The fourth-order valence-electron chi connectivity index (χ4n) is 2.29. The molecule has 0 bridgehead atoms. The number of nitrogens with zero attached hydrogens (tertiary/aromatic N) is 1. The quantitative estimate of drug-likeness (QED) is 0.672. The predicted octanol–water partition coefficient (Wildman–Crippen LogP) is -0.933. The van der Waals surface area contributed by atoms with Crippen molar-refractivity contribution in [2.24, 2.45) is 0 Å². The molecule has 7 heteroatoms. The molecule has 0 saturated carbocycles. The van der Waals surface area contributed by atoms with Crippen LogP contribution in [0.3, 0.4) is 0 Å². The molecule has 1 amide bonds. The summed E-state index contributed by atoms with van der Waals surface area (Å²) in [6, 6.07) is 0. The molecule has 2 heterocycles. The lowest BCUT2D eigenvalue weighted by Gasteiger charge is -2.26. The number of hydrogen-bond donors (Lipinski definition) is 2. The van der Waals surface area contributed by atoms with Gasteiger partial charge in [0.05, 0.1) is 13.2 Å². The molecule has 0 aromatic heterocycles. The van der Waals surface area contributed by atoms with Crippen LogP contribution in [0, 0.1) is 0 Å². The van der Waals surface area contributed by atoms with Gasteiger partial charge in [-0.1, -0.05) is 0 Å². The van der Waals surface area contributed by atoms with Crippen molar-refractivity contribution in [2.75, 3.05) is 39.4 Å². The Morgan fingerprint density at radius 2 is 1.89 bits per heavy atom. The lowest BCUT2D eigenvalue weighted by atomic mass is 10.2. The van der Waals surface area contributed by atoms with E-state index in [0.717, 1.165) is 32.8 Å². The summed E-state index contributed by atoms with van der Waals surface area (Å²) < 4.78 is 10.4. The number of carboxylic acid groups (broad SMARTS) is 1. The Bertz CT molecular complexity index is 330. The number of aliphatic carboxylic acids is 1. The fourth-order valence-corrected chi connectivity index (χ4v) is 2.29. The summed E-state index contributed by atoms with van der Waals surface area (Å²) in [5, 5.41) is 11.6. The van der Waals surface area contributed by atoms with Gasteiger partial charge in [0.2, 0.25) is 5.91 Å². The van der Waals surface area contributed by atoms with Crippen LogP contribution in [0.25, 0.3) is 0 Å². The smallest absolute Gasteiger partial charge is 0.332 e. The number of hydrogen-bond acceptors (Lipinski definition) is 5. The third kappa shape index (κ3) is 4.15. The van der Waals surface area contributed by atoms with E-state index in [-0.39, 0.29) is 5.91 Å². The normalized spacial score (nSPS) is 28.2. The molecule has 108 valence electrons. The van der Waals surface area contributed by atoms with Crippen molar-refractivity contribution in [3.63, 3.8) is 0 Å². The molecule has 2 rings (SSSR count). The molecular weight excluding hydrogens is 252 g/mol. The standard InChI is InChI=1S/C12H20N2O5/c15-11(9-1-2-10(19-9)12(16)17)13-3-4-14-5-7-18-8-6-14/h9-10H,1-8H2,(H,13,15)(H,16,17). The second kappa shape index (κ2) is 6.83. The molecule has 2 aliphatic heterocycles. The van der Waals surface area contributed by atoms with Gasteiger partial charge in [-0.25, -0.2) is 4.79 Å². The lowest BCUT2D eigenvalue weighted by molar-refractivity contribution is -0.151. The third-order valence-corrected chi connectivity index (χ3v) is 3.42. The Morgan fingerprint density at radius 3 is 2.53 bits per heavy atom. The molecule has 2 unspecified atom stereocenters. The zero-order chi connectivity index (χ0) is 13.7. The predicted molar refractivity (Wildman–Crippen MR) is 65.8 cm³/mol. The van der Waals surface area contributed by atoms with Crippen LogP contribution >= 0.6 is 0 Å². The van der Waals surface area contributed by atoms with Crippen molar-refractivity contribution in [1.82, 2.24) is 10.2 Å². The maximum Gasteiger partial charge on any atom is 0.332 e. The van der Waals surface area contributed by atoms with E-state index in [0.29, 0.717) is 19.4 Å². The summed E-state index contributed by atoms with van der Waals surface area (Å²) in [4.78, 5) is 24.7. The molecule has 0 aliphatic carbocycles. The minimum Gasteiger partial charge on any atom is -0.479 e. The van der Waals surface area contributed by atoms with Gasteiger partial charge in [-0.15, -0.1) is 0 Å². The largest absolute Gasteiger partial charge is 0.479 e. The molecule has 0 radical (unpaired) electrons. The minimum atomic E-state index is -0.997. The zero-order valence-corrected chi connectivity index (χ0v) is 10.8. The van der Waals surface area contributed by atoms with E-state index in [1.54, 1.807) is 0 Å². The second-order valence-electron chi connectivity index (χ2n) is 4.77. The first-order valence-corrected chi connectivity index (χ1v) is 6.63. The Labute approximate surface area is 111 Å². The molecule has 2 N–H and O–H groups in total. The molecule has 0 spiro atoms. The Morgan fingerprint density at radius 1 is 1.21 bits per heavy atom. The Kier molecular flexibility index (Phi) is 5.12. The van der Waals surface area contributed by atoms with Crippen LogP contribution in [0.2, 0.25) is 0 Å². The molecule has 0 aromatic rings. The minimum absolute atomic E-state index is 0.211.